The Kier molecular flexibility index (Phi) is 28.3. The quantitative estimate of drug-likeness (QED) is 0.0666. The summed E-state index contributed by atoms with van der Waals surface area (Å²) >= 11 is 9.53. The predicted molar refractivity (Wildman–Crippen MR) is 185 cm³/mol. The van der Waals surface area contributed by atoms with Gasteiger partial charge >= 0.3 is 50.3 Å². The van der Waals surface area contributed by atoms with Crippen molar-refractivity contribution in [3.63, 3.8) is 0 Å². The van der Waals surface area contributed by atoms with Crippen LogP contribution in [0.2, 0.25) is 0 Å². The number of alkyl halides is 2. The van der Waals surface area contributed by atoms with Crippen molar-refractivity contribution < 1.29 is 110 Å². The summed E-state index contributed by atoms with van der Waals surface area (Å²) in [6, 6.07) is 16.9. The third-order valence-electron chi connectivity index (χ3n) is 7.43. The van der Waals surface area contributed by atoms with Gasteiger partial charge in [0.1, 0.15) is 0 Å². The van der Waals surface area contributed by atoms with Gasteiger partial charge in [0.15, 0.2) is 4.52 Å². The Morgan fingerprint density at radius 3 is 0.818 bits per heavy atom. The first-order valence-corrected chi connectivity index (χ1v) is 16.7. The molecule has 7 aromatic rings. The average Bonchev–Trinajstić information content (AvgIpc) is 3.54. The summed E-state index contributed by atoms with van der Waals surface area (Å²) in [6.45, 7) is 19.5. The van der Waals surface area contributed by atoms with Crippen LogP contribution in [0.25, 0.3) is 0 Å². The van der Waals surface area contributed by atoms with E-state index in [1.54, 1.807) is 0 Å². The number of rotatable bonds is 8. The fraction of sp³-hybridized carbons (Fsp3) is 0.394. The van der Waals surface area contributed by atoms with Crippen LogP contribution in [-0.2, 0) is 67.0 Å². The Hall–Kier alpha value is -2.34. The van der Waals surface area contributed by atoms with Crippen molar-refractivity contribution in [2.45, 2.75) is 81.6 Å². The molecule has 0 aromatic carbocycles. The Morgan fingerprint density at radius 1 is 0.509 bits per heavy atom. The van der Waals surface area contributed by atoms with Crippen LogP contribution in [0.1, 0.15) is 68.3 Å². The minimum absolute atomic E-state index is 0. The minimum Gasteiger partial charge on any atom is -1.00 e. The van der Waals surface area contributed by atoms with E-state index >= 15 is 0 Å². The van der Waals surface area contributed by atoms with Gasteiger partial charge in [-0.3, -0.25) is 18.7 Å². The van der Waals surface area contributed by atoms with Crippen LogP contribution in [0.3, 0.4) is 0 Å². The van der Waals surface area contributed by atoms with Crippen molar-refractivity contribution in [2.24, 2.45) is 0 Å². The molecule has 0 saturated heterocycles. The van der Waals surface area contributed by atoms with Crippen LogP contribution >= 0.6 is 23.2 Å². The van der Waals surface area contributed by atoms with Crippen molar-refractivity contribution >= 4 is 23.2 Å². The third-order valence-corrected chi connectivity index (χ3v) is 7.43. The second kappa shape index (κ2) is 27.3. The smallest absolute Gasteiger partial charge is 1.00 e. The van der Waals surface area contributed by atoms with E-state index in [-0.39, 0.29) is 95.8 Å². The topological polar surface area (TPSA) is 155 Å². The second-order valence-corrected chi connectivity index (χ2v) is 12.6. The molecule has 312 valence electrons. The number of halogens is 6. The summed E-state index contributed by atoms with van der Waals surface area (Å²) in [5, 5.41) is 27.1. The van der Waals surface area contributed by atoms with E-state index in [4.69, 9.17) is 28.5 Å². The van der Waals surface area contributed by atoms with Crippen molar-refractivity contribution in [3.05, 3.63) is 117 Å². The molecule has 0 unspecified atom stereocenters. The summed E-state index contributed by atoms with van der Waals surface area (Å²) in [7, 11) is 0. The van der Waals surface area contributed by atoms with Crippen LogP contribution in [0, 0.1) is 55.4 Å². The molecule has 14 nitrogen and oxygen atoms in total. The molecule has 0 amide bonds. The SMILES string of the molecule is Cc1cc(C)n(Cc2ccc(Cn3nc(C)cc3C)[nH]2)n1.Cc1cc(C)n(Cc2ccc(Cn3nc(C)cc3C)[nH]2)n1.ClCCl.[Cl-].[Cl-].[Cl-].[Cl-].[O-][o+]1oo1.[Pd+2].[Pd+2]. The largest absolute Gasteiger partial charge is 2.00 e. The summed E-state index contributed by atoms with van der Waals surface area (Å²) < 4.78 is 15.5. The summed E-state index contributed by atoms with van der Waals surface area (Å²) in [5.41, 5.74) is 13.6. The van der Waals surface area contributed by atoms with Gasteiger partial charge in [0, 0.05) is 45.6 Å². The van der Waals surface area contributed by atoms with Crippen LogP contribution in [0.4, 0.5) is 0 Å². The summed E-state index contributed by atoms with van der Waals surface area (Å²) in [6.07, 6.45) is 0. The number of hydrogen-bond acceptors (Lipinski definition) is 7. The van der Waals surface area contributed by atoms with Gasteiger partial charge in [-0.25, -0.2) is 0 Å². The Morgan fingerprint density at radius 2 is 0.691 bits per heavy atom. The maximum atomic E-state index is 8.94. The maximum Gasteiger partial charge on any atom is 2.00 e. The first-order chi connectivity index (χ1) is 23.3. The first kappa shape index (κ1) is 57.0. The minimum atomic E-state index is 0. The molecule has 0 bridgehead atoms. The molecule has 0 aliphatic heterocycles. The van der Waals surface area contributed by atoms with E-state index in [0.29, 0.717) is 4.52 Å². The van der Waals surface area contributed by atoms with Gasteiger partial charge in [-0.2, -0.15) is 20.4 Å². The average molecular weight is 1070 g/mol. The number of H-pyrrole nitrogens is 2. The van der Waals surface area contributed by atoms with Crippen LogP contribution < -0.4 is 54.9 Å². The predicted octanol–water partition coefficient (Wildman–Crippen LogP) is -5.81. The zero-order valence-electron chi connectivity index (χ0n) is 31.3. The van der Waals surface area contributed by atoms with Crippen molar-refractivity contribution in [2.75, 3.05) is 5.34 Å². The van der Waals surface area contributed by atoms with E-state index in [2.05, 4.69) is 116 Å². The normalized spacial score (nSPS) is 9.56. The molecule has 0 aliphatic carbocycles. The molecule has 0 spiro atoms. The number of nitrogens with zero attached hydrogens (tertiary/aromatic N) is 8. The molecule has 7 aromatic heterocycles. The summed E-state index contributed by atoms with van der Waals surface area (Å²) in [5.74, 6) is 0. The maximum absolute atomic E-state index is 8.94. The Balaban J connectivity index is -0.000000764. The molecular formula is C33H44Cl6N10O4Pd2. The van der Waals surface area contributed by atoms with Crippen LogP contribution in [0.15, 0.2) is 62.5 Å². The Labute approximate surface area is 382 Å². The van der Waals surface area contributed by atoms with Crippen molar-refractivity contribution in [1.29, 1.82) is 0 Å². The number of nitrogens with one attached hydrogen (secondary N) is 2. The number of aromatic amines is 2. The van der Waals surface area contributed by atoms with Crippen molar-refractivity contribution in [1.82, 2.24) is 49.1 Å². The zero-order valence-corrected chi connectivity index (χ0v) is 38.9. The molecule has 0 saturated carbocycles. The fourth-order valence-electron chi connectivity index (χ4n) is 5.35. The molecule has 7 rings (SSSR count). The molecule has 0 fully saturated rings. The van der Waals surface area contributed by atoms with E-state index in [1.165, 1.54) is 22.8 Å². The number of hydrogen-bond donors (Lipinski definition) is 2. The second-order valence-electron chi connectivity index (χ2n) is 11.8. The van der Waals surface area contributed by atoms with Crippen LogP contribution in [-0.4, -0.2) is 54.4 Å². The first-order valence-electron chi connectivity index (χ1n) is 15.6. The van der Waals surface area contributed by atoms with Gasteiger partial charge in [-0.15, -0.1) is 28.5 Å². The van der Waals surface area contributed by atoms with E-state index < -0.39 is 0 Å². The molecular weight excluding hydrogens is 1030 g/mol. The molecule has 7 heterocycles. The molecule has 22 heteroatoms. The van der Waals surface area contributed by atoms with Crippen molar-refractivity contribution in [3.8, 4) is 0 Å². The van der Waals surface area contributed by atoms with E-state index in [1.807, 2.05) is 46.4 Å². The monoisotopic (exact) mass is 1070 g/mol. The standard InChI is InChI=1S/2C16H21N5.CH2Cl2.4ClH.O4.2Pd/c2*1-11-7-13(3)20(18-11)9-15-5-6-16(17-15)10-21-14(4)8-12(2)19-21;2-1-3;;;;;1-4-2-3-4;;/h2*5-8,17H,9-10H2,1-4H3;1H2;4*1H;;;/q;;;;;;;;2*+2/p-4. The molecule has 2 N–H and O–H groups in total. The van der Waals surface area contributed by atoms with E-state index in [0.717, 1.165) is 71.7 Å². The van der Waals surface area contributed by atoms with Gasteiger partial charge in [0.2, 0.25) is 0 Å². The Bertz CT molecular complexity index is 1770. The summed E-state index contributed by atoms with van der Waals surface area (Å²) in [4.78, 5) is 6.92. The van der Waals surface area contributed by atoms with Gasteiger partial charge in [-0.1, -0.05) is 0 Å². The molecule has 55 heavy (non-hydrogen) atoms. The van der Waals surface area contributed by atoms with E-state index in [9.17, 15) is 0 Å². The molecule has 0 atom stereocenters. The number of aryl methyl sites for hydroxylation is 8. The molecule has 0 aliphatic rings. The van der Waals surface area contributed by atoms with Gasteiger partial charge in [0.25, 0.3) is 0 Å². The van der Waals surface area contributed by atoms with Gasteiger partial charge in [0.05, 0.1) is 54.3 Å². The molecule has 0 radical (unpaired) electrons. The van der Waals surface area contributed by atoms with Gasteiger partial charge < -0.3 is 59.6 Å². The third kappa shape index (κ3) is 18.6. The number of aromatic nitrogens is 10. The van der Waals surface area contributed by atoms with Crippen LogP contribution in [0.5, 0.6) is 0 Å². The van der Waals surface area contributed by atoms with Gasteiger partial charge in [-0.05, 0) is 104 Å². The zero-order chi connectivity index (χ0) is 35.7. The fourth-order valence-corrected chi connectivity index (χ4v) is 5.35.